The van der Waals surface area contributed by atoms with Crippen LogP contribution in [0.15, 0.2) is 10.1 Å². The van der Waals surface area contributed by atoms with Crippen molar-refractivity contribution in [2.45, 2.75) is 6.10 Å². The van der Waals surface area contributed by atoms with Gasteiger partial charge in [-0.15, -0.1) is 0 Å². The second kappa shape index (κ2) is 3.86. The quantitative estimate of drug-likeness (QED) is 0.693. The first-order chi connectivity index (χ1) is 6.49. The van der Waals surface area contributed by atoms with E-state index in [4.69, 9.17) is 34.2 Å². The Kier molecular flexibility index (Phi) is 2.99. The third-order valence-corrected chi connectivity index (χ3v) is 2.48. The number of nitrogens with zero attached hydrogens (tertiary/aromatic N) is 1. The van der Waals surface area contributed by atoms with Gasteiger partial charge in [0.25, 0.3) is 0 Å². The molecule has 0 aliphatic carbocycles. The van der Waals surface area contributed by atoms with Gasteiger partial charge in [-0.05, 0) is 0 Å². The van der Waals surface area contributed by atoms with Crippen LogP contribution in [-0.4, -0.2) is 18.0 Å². The first kappa shape index (κ1) is 10.8. The number of primary amides is 1. The second-order valence-corrected chi connectivity index (χ2v) is 3.28. The molecule has 1 aliphatic heterocycles. The number of nitrogens with two attached hydrogens (primary N) is 1. The number of carbonyl (C=O) groups excluding carboxylic acids is 2. The molecular formula is C7H4Cl2N2O3. The van der Waals surface area contributed by atoms with Gasteiger partial charge in [-0.1, -0.05) is 23.2 Å². The van der Waals surface area contributed by atoms with Gasteiger partial charge in [0.1, 0.15) is 5.03 Å². The summed E-state index contributed by atoms with van der Waals surface area (Å²) in [7, 11) is 0. The molecule has 0 saturated carbocycles. The highest BCUT2D eigenvalue weighted by Gasteiger charge is 2.40. The number of nitriles is 1. The maximum absolute atomic E-state index is 10.9. The van der Waals surface area contributed by atoms with E-state index in [-0.39, 0.29) is 10.1 Å². The minimum atomic E-state index is -1.32. The van der Waals surface area contributed by atoms with Crippen LogP contribution in [0.3, 0.4) is 0 Å². The Morgan fingerprint density at radius 3 is 2.50 bits per heavy atom. The van der Waals surface area contributed by atoms with Crippen molar-refractivity contribution in [1.82, 2.24) is 0 Å². The predicted octanol–water partition coefficient (Wildman–Crippen LogP) is 0.226. The Hall–Kier alpha value is -1.25. The van der Waals surface area contributed by atoms with Gasteiger partial charge in [0.2, 0.25) is 5.91 Å². The van der Waals surface area contributed by atoms with Crippen LogP contribution in [0.5, 0.6) is 0 Å². The van der Waals surface area contributed by atoms with Crippen LogP contribution in [0.4, 0.5) is 0 Å². The Labute approximate surface area is 89.0 Å². The van der Waals surface area contributed by atoms with Crippen molar-refractivity contribution in [3.05, 3.63) is 10.1 Å². The SMILES string of the molecule is N#C[C@H](C(N)=O)[C@H]1OC(=O)C(Cl)=C1Cl. The molecular weight excluding hydrogens is 231 g/mol. The summed E-state index contributed by atoms with van der Waals surface area (Å²) in [5.41, 5.74) is 4.90. The molecule has 5 nitrogen and oxygen atoms in total. The fraction of sp³-hybridized carbons (Fsp3) is 0.286. The smallest absolute Gasteiger partial charge is 0.351 e. The van der Waals surface area contributed by atoms with Crippen LogP contribution in [-0.2, 0) is 14.3 Å². The van der Waals surface area contributed by atoms with Crippen LogP contribution in [0, 0.1) is 17.2 Å². The summed E-state index contributed by atoms with van der Waals surface area (Å²) in [4.78, 5) is 21.6. The first-order valence-corrected chi connectivity index (χ1v) is 4.19. The Morgan fingerprint density at radius 1 is 1.64 bits per heavy atom. The third kappa shape index (κ3) is 1.67. The van der Waals surface area contributed by atoms with Gasteiger partial charge in [-0.2, -0.15) is 5.26 Å². The molecule has 0 aromatic heterocycles. The monoisotopic (exact) mass is 234 g/mol. The van der Waals surface area contributed by atoms with Gasteiger partial charge in [-0.25, -0.2) is 4.79 Å². The number of hydrogen-bond acceptors (Lipinski definition) is 4. The summed E-state index contributed by atoms with van der Waals surface area (Å²) in [6.07, 6.45) is -1.18. The molecule has 1 aliphatic rings. The average molecular weight is 235 g/mol. The van der Waals surface area contributed by atoms with Crippen molar-refractivity contribution in [2.24, 2.45) is 11.7 Å². The number of amides is 1. The molecule has 0 spiro atoms. The Bertz CT molecular complexity index is 372. The summed E-state index contributed by atoms with van der Waals surface area (Å²) >= 11 is 11.0. The van der Waals surface area contributed by atoms with Gasteiger partial charge >= 0.3 is 5.97 Å². The molecule has 0 fully saturated rings. The van der Waals surface area contributed by atoms with E-state index in [0.717, 1.165) is 0 Å². The number of carbonyl (C=O) groups is 2. The lowest BCUT2D eigenvalue weighted by Crippen LogP contribution is -2.33. The fourth-order valence-corrected chi connectivity index (χ4v) is 1.34. The van der Waals surface area contributed by atoms with E-state index in [2.05, 4.69) is 4.74 Å². The second-order valence-electron chi connectivity index (χ2n) is 2.50. The number of rotatable bonds is 2. The number of ether oxygens (including phenoxy) is 1. The predicted molar refractivity (Wildman–Crippen MR) is 46.9 cm³/mol. The molecule has 0 bridgehead atoms. The fourth-order valence-electron chi connectivity index (χ4n) is 0.936. The lowest BCUT2D eigenvalue weighted by atomic mass is 10.0. The molecule has 0 aromatic carbocycles. The van der Waals surface area contributed by atoms with Crippen LogP contribution in [0.25, 0.3) is 0 Å². The molecule has 2 atom stereocenters. The molecule has 2 N–H and O–H groups in total. The maximum atomic E-state index is 10.9. The van der Waals surface area contributed by atoms with Gasteiger partial charge in [0.15, 0.2) is 12.0 Å². The van der Waals surface area contributed by atoms with Crippen LogP contribution >= 0.6 is 23.2 Å². The summed E-state index contributed by atoms with van der Waals surface area (Å²) in [6.45, 7) is 0. The van der Waals surface area contributed by atoms with Crippen molar-refractivity contribution in [1.29, 1.82) is 5.26 Å². The number of hydrogen-bond donors (Lipinski definition) is 1. The molecule has 7 heteroatoms. The molecule has 1 rings (SSSR count). The van der Waals surface area contributed by atoms with Gasteiger partial charge in [-0.3, -0.25) is 4.79 Å². The van der Waals surface area contributed by atoms with E-state index in [1.165, 1.54) is 0 Å². The third-order valence-electron chi connectivity index (χ3n) is 1.62. The highest BCUT2D eigenvalue weighted by Crippen LogP contribution is 2.32. The van der Waals surface area contributed by atoms with Crippen LogP contribution in [0.1, 0.15) is 0 Å². The van der Waals surface area contributed by atoms with E-state index < -0.39 is 23.9 Å². The minimum absolute atomic E-state index is 0.165. The zero-order valence-corrected chi connectivity index (χ0v) is 8.17. The molecule has 0 unspecified atom stereocenters. The zero-order valence-electron chi connectivity index (χ0n) is 6.66. The lowest BCUT2D eigenvalue weighted by Gasteiger charge is -2.12. The largest absolute Gasteiger partial charge is 0.450 e. The van der Waals surface area contributed by atoms with Gasteiger partial charge in [0.05, 0.1) is 11.1 Å². The van der Waals surface area contributed by atoms with Crippen LogP contribution < -0.4 is 5.73 Å². The Morgan fingerprint density at radius 2 is 2.21 bits per heavy atom. The van der Waals surface area contributed by atoms with Crippen LogP contribution in [0.2, 0.25) is 0 Å². The zero-order chi connectivity index (χ0) is 10.9. The van der Waals surface area contributed by atoms with Gasteiger partial charge < -0.3 is 10.5 Å². The standard InChI is InChI=1S/C7H4Cl2N2O3/c8-3-4(9)7(13)14-5(3)2(1-10)6(11)12/h2,5H,(H2,11,12)/t2-,5+/m0/s1. The molecule has 0 aromatic rings. The highest BCUT2D eigenvalue weighted by molar-refractivity contribution is 6.48. The van der Waals surface area contributed by atoms with E-state index in [0.29, 0.717) is 0 Å². The summed E-state index contributed by atoms with van der Waals surface area (Å²) in [5.74, 6) is -3.10. The van der Waals surface area contributed by atoms with E-state index >= 15 is 0 Å². The molecule has 1 heterocycles. The van der Waals surface area contributed by atoms with E-state index in [1.54, 1.807) is 6.07 Å². The summed E-state index contributed by atoms with van der Waals surface area (Å²) in [6, 6.07) is 1.59. The maximum Gasteiger partial charge on any atom is 0.351 e. The molecule has 0 saturated heterocycles. The normalized spacial score (nSPS) is 22.9. The number of esters is 1. The van der Waals surface area contributed by atoms with Crippen molar-refractivity contribution in [3.63, 3.8) is 0 Å². The minimum Gasteiger partial charge on any atom is -0.450 e. The van der Waals surface area contributed by atoms with E-state index in [1.807, 2.05) is 0 Å². The van der Waals surface area contributed by atoms with Crippen molar-refractivity contribution in [2.75, 3.05) is 0 Å². The van der Waals surface area contributed by atoms with Crippen molar-refractivity contribution in [3.8, 4) is 6.07 Å². The van der Waals surface area contributed by atoms with Crippen molar-refractivity contribution >= 4 is 35.1 Å². The van der Waals surface area contributed by atoms with Gasteiger partial charge in [0, 0.05) is 0 Å². The topological polar surface area (TPSA) is 93.2 Å². The molecule has 74 valence electrons. The van der Waals surface area contributed by atoms with E-state index in [9.17, 15) is 9.59 Å². The summed E-state index contributed by atoms with van der Waals surface area (Å²) in [5, 5.41) is 8.09. The molecule has 14 heavy (non-hydrogen) atoms. The Balaban J connectivity index is 2.99. The molecule has 1 amide bonds. The summed E-state index contributed by atoms with van der Waals surface area (Å²) < 4.78 is 4.60. The number of cyclic esters (lactones) is 1. The first-order valence-electron chi connectivity index (χ1n) is 3.44. The number of halogens is 2. The highest BCUT2D eigenvalue weighted by atomic mass is 35.5. The van der Waals surface area contributed by atoms with Crippen molar-refractivity contribution < 1.29 is 14.3 Å². The lowest BCUT2D eigenvalue weighted by molar-refractivity contribution is -0.141. The average Bonchev–Trinajstić information content (AvgIpc) is 2.35. The molecule has 0 radical (unpaired) electrons.